The number of likely N-dealkylation sites (N-methyl/N-ethyl adjacent to an activating group) is 1. The van der Waals surface area contributed by atoms with Gasteiger partial charge in [0.05, 0.1) is 15.3 Å². The molecule has 24 heavy (non-hydrogen) atoms. The lowest BCUT2D eigenvalue weighted by molar-refractivity contribution is -0.134. The standard InChI is InChI=1S/C17H22Cl2N2O2S/c1-4-15(22)20(5-2)8-9-21-16(23)11(3)24-17(21)12-6-7-13(18)14(19)10-12/h6-7,10-11,17H,4-5,8-9H2,1-3H3. The fraction of sp³-hybridized carbons (Fsp3) is 0.529. The van der Waals surface area contributed by atoms with Gasteiger partial charge in [0.1, 0.15) is 5.37 Å². The molecule has 2 amide bonds. The fourth-order valence-electron chi connectivity index (χ4n) is 2.74. The van der Waals surface area contributed by atoms with Gasteiger partial charge in [-0.25, -0.2) is 0 Å². The van der Waals surface area contributed by atoms with Crippen LogP contribution in [0.2, 0.25) is 10.0 Å². The zero-order valence-electron chi connectivity index (χ0n) is 14.1. The van der Waals surface area contributed by atoms with Crippen LogP contribution in [-0.2, 0) is 9.59 Å². The van der Waals surface area contributed by atoms with Crippen LogP contribution in [0.3, 0.4) is 0 Å². The van der Waals surface area contributed by atoms with Crippen LogP contribution in [0.1, 0.15) is 38.1 Å². The first kappa shape index (κ1) is 19.4. The van der Waals surface area contributed by atoms with Gasteiger partial charge >= 0.3 is 0 Å². The van der Waals surface area contributed by atoms with Crippen LogP contribution in [0.4, 0.5) is 0 Å². The number of halogens is 2. The van der Waals surface area contributed by atoms with E-state index in [1.807, 2.05) is 37.8 Å². The van der Waals surface area contributed by atoms with Crippen LogP contribution < -0.4 is 0 Å². The van der Waals surface area contributed by atoms with Gasteiger partial charge in [0.15, 0.2) is 0 Å². The predicted molar refractivity (Wildman–Crippen MR) is 101 cm³/mol. The Morgan fingerprint density at radius 2 is 2.00 bits per heavy atom. The molecule has 0 bridgehead atoms. The Labute approximate surface area is 157 Å². The molecule has 1 aromatic carbocycles. The minimum Gasteiger partial charge on any atom is -0.341 e. The molecule has 0 radical (unpaired) electrons. The topological polar surface area (TPSA) is 40.6 Å². The van der Waals surface area contributed by atoms with E-state index in [-0.39, 0.29) is 22.4 Å². The maximum absolute atomic E-state index is 12.5. The van der Waals surface area contributed by atoms with Gasteiger partial charge in [-0.2, -0.15) is 0 Å². The second-order valence-corrected chi connectivity index (χ2v) is 7.90. The molecule has 1 fully saturated rings. The number of carbonyl (C=O) groups excluding carboxylic acids is 2. The van der Waals surface area contributed by atoms with E-state index in [9.17, 15) is 9.59 Å². The van der Waals surface area contributed by atoms with E-state index < -0.39 is 0 Å². The third kappa shape index (κ3) is 4.19. The fourth-order valence-corrected chi connectivity index (χ4v) is 4.34. The highest BCUT2D eigenvalue weighted by Gasteiger charge is 2.38. The first-order chi connectivity index (χ1) is 11.4. The van der Waals surface area contributed by atoms with E-state index >= 15 is 0 Å². The third-order valence-corrected chi connectivity index (χ3v) is 6.26. The SMILES string of the molecule is CCC(=O)N(CC)CCN1C(=O)C(C)SC1c1ccc(Cl)c(Cl)c1. The van der Waals surface area contributed by atoms with E-state index in [4.69, 9.17) is 23.2 Å². The molecule has 2 rings (SSSR count). The zero-order chi connectivity index (χ0) is 17.9. The van der Waals surface area contributed by atoms with Gasteiger partial charge in [-0.15, -0.1) is 11.8 Å². The van der Waals surface area contributed by atoms with Gasteiger partial charge in [-0.1, -0.05) is 36.2 Å². The normalized spacial score (nSPS) is 20.5. The molecule has 0 saturated carbocycles. The number of hydrogen-bond donors (Lipinski definition) is 0. The Hall–Kier alpha value is -0.910. The number of amides is 2. The van der Waals surface area contributed by atoms with Gasteiger partial charge in [0, 0.05) is 26.1 Å². The zero-order valence-corrected chi connectivity index (χ0v) is 16.4. The summed E-state index contributed by atoms with van der Waals surface area (Å²) in [6, 6.07) is 5.47. The van der Waals surface area contributed by atoms with Crippen molar-refractivity contribution in [3.05, 3.63) is 33.8 Å². The predicted octanol–water partition coefficient (Wildman–Crippen LogP) is 4.21. The molecule has 4 nitrogen and oxygen atoms in total. The summed E-state index contributed by atoms with van der Waals surface area (Å²) in [4.78, 5) is 28.1. The van der Waals surface area contributed by atoms with Gasteiger partial charge < -0.3 is 9.80 Å². The Balaban J connectivity index is 2.16. The van der Waals surface area contributed by atoms with Crippen molar-refractivity contribution < 1.29 is 9.59 Å². The van der Waals surface area contributed by atoms with Crippen molar-refractivity contribution in [3.63, 3.8) is 0 Å². The summed E-state index contributed by atoms with van der Waals surface area (Å²) in [7, 11) is 0. The van der Waals surface area contributed by atoms with E-state index in [2.05, 4.69) is 0 Å². The van der Waals surface area contributed by atoms with Gasteiger partial charge in [0.25, 0.3) is 0 Å². The van der Waals surface area contributed by atoms with E-state index in [1.165, 1.54) is 0 Å². The number of carbonyl (C=O) groups is 2. The highest BCUT2D eigenvalue weighted by Crippen LogP contribution is 2.43. The van der Waals surface area contributed by atoms with Crippen LogP contribution in [0, 0.1) is 0 Å². The first-order valence-electron chi connectivity index (χ1n) is 8.07. The molecular weight excluding hydrogens is 367 g/mol. The average Bonchev–Trinajstić information content (AvgIpc) is 2.85. The van der Waals surface area contributed by atoms with Crippen molar-refractivity contribution >= 4 is 46.8 Å². The summed E-state index contributed by atoms with van der Waals surface area (Å²) in [6.45, 7) is 7.41. The molecule has 1 aliphatic heterocycles. The number of benzene rings is 1. The Morgan fingerprint density at radius 1 is 1.29 bits per heavy atom. The molecule has 0 N–H and O–H groups in total. The molecule has 2 unspecified atom stereocenters. The summed E-state index contributed by atoms with van der Waals surface area (Å²) < 4.78 is 0. The molecule has 1 saturated heterocycles. The van der Waals surface area contributed by atoms with Crippen molar-refractivity contribution in [1.29, 1.82) is 0 Å². The highest BCUT2D eigenvalue weighted by atomic mass is 35.5. The van der Waals surface area contributed by atoms with Crippen molar-refractivity contribution in [2.75, 3.05) is 19.6 Å². The number of nitrogens with zero attached hydrogens (tertiary/aromatic N) is 2. The maximum atomic E-state index is 12.5. The lowest BCUT2D eigenvalue weighted by Crippen LogP contribution is -2.40. The first-order valence-corrected chi connectivity index (χ1v) is 9.77. The third-order valence-electron chi connectivity index (χ3n) is 4.12. The average molecular weight is 389 g/mol. The molecule has 0 spiro atoms. The minimum absolute atomic E-state index is 0.0936. The molecule has 0 aliphatic carbocycles. The number of hydrogen-bond acceptors (Lipinski definition) is 3. The van der Waals surface area contributed by atoms with Gasteiger partial charge in [-0.05, 0) is 31.5 Å². The molecule has 7 heteroatoms. The highest BCUT2D eigenvalue weighted by molar-refractivity contribution is 8.01. The molecule has 1 heterocycles. The molecular formula is C17H22Cl2N2O2S. The molecule has 0 aromatic heterocycles. The van der Waals surface area contributed by atoms with Crippen LogP contribution in [0.15, 0.2) is 18.2 Å². The second-order valence-electron chi connectivity index (χ2n) is 5.66. The summed E-state index contributed by atoms with van der Waals surface area (Å²) in [5.41, 5.74) is 0.956. The summed E-state index contributed by atoms with van der Waals surface area (Å²) in [5.74, 6) is 0.201. The van der Waals surface area contributed by atoms with Gasteiger partial charge in [0.2, 0.25) is 11.8 Å². The molecule has 1 aromatic rings. The number of rotatable bonds is 6. The lowest BCUT2D eigenvalue weighted by atomic mass is 10.2. The molecule has 2 atom stereocenters. The number of thioether (sulfide) groups is 1. The smallest absolute Gasteiger partial charge is 0.236 e. The Morgan fingerprint density at radius 3 is 2.58 bits per heavy atom. The molecule has 132 valence electrons. The monoisotopic (exact) mass is 388 g/mol. The largest absolute Gasteiger partial charge is 0.341 e. The minimum atomic E-state index is -0.110. The van der Waals surface area contributed by atoms with Crippen LogP contribution in [-0.4, -0.2) is 46.5 Å². The summed E-state index contributed by atoms with van der Waals surface area (Å²) >= 11 is 13.7. The van der Waals surface area contributed by atoms with Gasteiger partial charge in [-0.3, -0.25) is 9.59 Å². The van der Waals surface area contributed by atoms with Crippen molar-refractivity contribution in [2.24, 2.45) is 0 Å². The summed E-state index contributed by atoms with van der Waals surface area (Å²) in [5, 5.41) is 0.775. The van der Waals surface area contributed by atoms with Crippen molar-refractivity contribution in [2.45, 2.75) is 37.8 Å². The van der Waals surface area contributed by atoms with Crippen LogP contribution in [0.25, 0.3) is 0 Å². The van der Waals surface area contributed by atoms with Crippen LogP contribution in [0.5, 0.6) is 0 Å². The second kappa shape index (κ2) is 8.45. The Kier molecular flexibility index (Phi) is 6.84. The van der Waals surface area contributed by atoms with E-state index in [0.29, 0.717) is 36.1 Å². The van der Waals surface area contributed by atoms with E-state index in [1.54, 1.807) is 22.7 Å². The Bertz CT molecular complexity index is 627. The van der Waals surface area contributed by atoms with Crippen molar-refractivity contribution in [3.8, 4) is 0 Å². The summed E-state index contributed by atoms with van der Waals surface area (Å²) in [6.07, 6.45) is 0.475. The lowest BCUT2D eigenvalue weighted by Gasteiger charge is -2.28. The van der Waals surface area contributed by atoms with Crippen LogP contribution >= 0.6 is 35.0 Å². The quantitative estimate of drug-likeness (QED) is 0.732. The maximum Gasteiger partial charge on any atom is 0.236 e. The molecule has 1 aliphatic rings. The van der Waals surface area contributed by atoms with E-state index in [0.717, 1.165) is 5.56 Å². The van der Waals surface area contributed by atoms with Crippen molar-refractivity contribution in [1.82, 2.24) is 9.80 Å².